The fraction of sp³-hybridized carbons (Fsp3) is 1.00. The standard InChI is InChI=1S/C13H26N2/c1-4-12-10-15(11(2)9-14-12)13(3)7-5-6-8-13/h11-12,14H,4-10H2,1-3H3. The number of hydrogen-bond donors (Lipinski definition) is 1. The molecule has 0 aromatic heterocycles. The average Bonchev–Trinajstić information content (AvgIpc) is 2.67. The summed E-state index contributed by atoms with van der Waals surface area (Å²) in [5, 5.41) is 3.65. The van der Waals surface area contributed by atoms with Crippen molar-refractivity contribution in [1.29, 1.82) is 0 Å². The van der Waals surface area contributed by atoms with Gasteiger partial charge in [0, 0.05) is 30.7 Å². The minimum absolute atomic E-state index is 0.509. The SMILES string of the molecule is CCC1CN(C2(C)CCCC2)C(C)CN1. The molecule has 0 aromatic carbocycles. The maximum atomic E-state index is 3.65. The highest BCUT2D eigenvalue weighted by atomic mass is 15.3. The molecule has 1 aliphatic carbocycles. The molecule has 1 N–H and O–H groups in total. The molecular weight excluding hydrogens is 184 g/mol. The van der Waals surface area contributed by atoms with Crippen molar-refractivity contribution in [2.45, 2.75) is 70.5 Å². The lowest BCUT2D eigenvalue weighted by atomic mass is 9.93. The van der Waals surface area contributed by atoms with Gasteiger partial charge >= 0.3 is 0 Å². The first kappa shape index (κ1) is 11.4. The topological polar surface area (TPSA) is 15.3 Å². The van der Waals surface area contributed by atoms with Crippen molar-refractivity contribution in [2.75, 3.05) is 13.1 Å². The molecule has 0 amide bonds. The van der Waals surface area contributed by atoms with Gasteiger partial charge in [0.05, 0.1) is 0 Å². The lowest BCUT2D eigenvalue weighted by Crippen LogP contribution is -2.61. The van der Waals surface area contributed by atoms with Gasteiger partial charge in [0.15, 0.2) is 0 Å². The van der Waals surface area contributed by atoms with Crippen molar-refractivity contribution in [3.8, 4) is 0 Å². The van der Waals surface area contributed by atoms with Crippen molar-refractivity contribution in [3.05, 3.63) is 0 Å². The van der Waals surface area contributed by atoms with Gasteiger partial charge in [-0.15, -0.1) is 0 Å². The first-order chi connectivity index (χ1) is 7.15. The van der Waals surface area contributed by atoms with E-state index in [-0.39, 0.29) is 0 Å². The van der Waals surface area contributed by atoms with E-state index in [1.54, 1.807) is 0 Å². The summed E-state index contributed by atoms with van der Waals surface area (Å²) in [4.78, 5) is 2.78. The molecule has 2 unspecified atom stereocenters. The van der Waals surface area contributed by atoms with Crippen LogP contribution in [0, 0.1) is 0 Å². The molecule has 1 saturated carbocycles. The minimum atomic E-state index is 0.509. The zero-order chi connectivity index (χ0) is 10.9. The smallest absolute Gasteiger partial charge is 0.0198 e. The Morgan fingerprint density at radius 2 is 2.00 bits per heavy atom. The predicted octanol–water partition coefficient (Wildman–Crippen LogP) is 2.39. The third-order valence-corrected chi connectivity index (χ3v) is 4.52. The van der Waals surface area contributed by atoms with Gasteiger partial charge in [-0.25, -0.2) is 0 Å². The molecule has 2 atom stereocenters. The molecular formula is C13H26N2. The van der Waals surface area contributed by atoms with Gasteiger partial charge in [0.2, 0.25) is 0 Å². The Labute approximate surface area is 94.4 Å². The van der Waals surface area contributed by atoms with Crippen LogP contribution < -0.4 is 5.32 Å². The monoisotopic (exact) mass is 210 g/mol. The van der Waals surface area contributed by atoms with Crippen LogP contribution in [-0.4, -0.2) is 35.6 Å². The molecule has 0 spiro atoms. The molecule has 1 aliphatic heterocycles. The first-order valence-corrected chi connectivity index (χ1v) is 6.66. The highest BCUT2D eigenvalue weighted by Crippen LogP contribution is 2.36. The second-order valence-electron chi connectivity index (χ2n) is 5.72. The summed E-state index contributed by atoms with van der Waals surface area (Å²) < 4.78 is 0. The van der Waals surface area contributed by atoms with Crippen LogP contribution in [0.3, 0.4) is 0 Å². The van der Waals surface area contributed by atoms with Gasteiger partial charge in [-0.05, 0) is 33.1 Å². The zero-order valence-corrected chi connectivity index (χ0v) is 10.6. The second kappa shape index (κ2) is 4.42. The number of piperazine rings is 1. The Balaban J connectivity index is 2.04. The third kappa shape index (κ3) is 2.21. The fourth-order valence-corrected chi connectivity index (χ4v) is 3.38. The Bertz CT molecular complexity index is 209. The lowest BCUT2D eigenvalue weighted by molar-refractivity contribution is 0.0304. The molecule has 2 nitrogen and oxygen atoms in total. The molecule has 1 saturated heterocycles. The van der Waals surface area contributed by atoms with E-state index in [1.165, 1.54) is 45.2 Å². The van der Waals surface area contributed by atoms with Crippen LogP contribution >= 0.6 is 0 Å². The first-order valence-electron chi connectivity index (χ1n) is 6.66. The van der Waals surface area contributed by atoms with Crippen LogP contribution in [0.1, 0.15) is 52.9 Å². The van der Waals surface area contributed by atoms with Crippen molar-refractivity contribution in [2.24, 2.45) is 0 Å². The zero-order valence-electron chi connectivity index (χ0n) is 10.6. The largest absolute Gasteiger partial charge is 0.311 e. The van der Waals surface area contributed by atoms with Gasteiger partial charge in [-0.1, -0.05) is 19.8 Å². The third-order valence-electron chi connectivity index (χ3n) is 4.52. The van der Waals surface area contributed by atoms with Crippen LogP contribution in [0.4, 0.5) is 0 Å². The fourth-order valence-electron chi connectivity index (χ4n) is 3.38. The predicted molar refractivity (Wildman–Crippen MR) is 65.1 cm³/mol. The average molecular weight is 210 g/mol. The molecule has 0 radical (unpaired) electrons. The summed E-state index contributed by atoms with van der Waals surface area (Å²) in [7, 11) is 0. The highest BCUT2D eigenvalue weighted by Gasteiger charge is 2.39. The maximum Gasteiger partial charge on any atom is 0.0198 e. The Hall–Kier alpha value is -0.0800. The summed E-state index contributed by atoms with van der Waals surface area (Å²) in [5.74, 6) is 0. The quantitative estimate of drug-likeness (QED) is 0.753. The van der Waals surface area contributed by atoms with Crippen LogP contribution in [0.15, 0.2) is 0 Å². The number of nitrogens with one attached hydrogen (secondary N) is 1. The van der Waals surface area contributed by atoms with E-state index in [4.69, 9.17) is 0 Å². The van der Waals surface area contributed by atoms with E-state index in [0.29, 0.717) is 5.54 Å². The Morgan fingerprint density at radius 3 is 2.60 bits per heavy atom. The van der Waals surface area contributed by atoms with Gasteiger partial charge in [0.1, 0.15) is 0 Å². The lowest BCUT2D eigenvalue weighted by Gasteiger charge is -2.48. The van der Waals surface area contributed by atoms with Crippen LogP contribution in [0.2, 0.25) is 0 Å². The van der Waals surface area contributed by atoms with Gasteiger partial charge in [-0.3, -0.25) is 4.90 Å². The van der Waals surface area contributed by atoms with Crippen molar-refractivity contribution in [3.63, 3.8) is 0 Å². The van der Waals surface area contributed by atoms with Gasteiger partial charge in [-0.2, -0.15) is 0 Å². The molecule has 0 bridgehead atoms. The normalized spacial score (nSPS) is 37.0. The summed E-state index contributed by atoms with van der Waals surface area (Å²) in [5.41, 5.74) is 0.509. The molecule has 88 valence electrons. The molecule has 2 aliphatic rings. The van der Waals surface area contributed by atoms with Crippen molar-refractivity contribution < 1.29 is 0 Å². The van der Waals surface area contributed by atoms with E-state index in [2.05, 4.69) is 31.0 Å². The number of nitrogens with zero attached hydrogens (tertiary/aromatic N) is 1. The van der Waals surface area contributed by atoms with Gasteiger partial charge in [0.25, 0.3) is 0 Å². The maximum absolute atomic E-state index is 3.65. The second-order valence-corrected chi connectivity index (χ2v) is 5.72. The number of hydrogen-bond acceptors (Lipinski definition) is 2. The summed E-state index contributed by atoms with van der Waals surface area (Å²) >= 11 is 0. The summed E-state index contributed by atoms with van der Waals surface area (Å²) in [6.45, 7) is 9.59. The van der Waals surface area contributed by atoms with Crippen LogP contribution in [-0.2, 0) is 0 Å². The van der Waals surface area contributed by atoms with Crippen LogP contribution in [0.5, 0.6) is 0 Å². The molecule has 0 aromatic rings. The molecule has 1 heterocycles. The van der Waals surface area contributed by atoms with E-state index in [0.717, 1.165) is 12.1 Å². The minimum Gasteiger partial charge on any atom is -0.311 e. The van der Waals surface area contributed by atoms with Crippen molar-refractivity contribution >= 4 is 0 Å². The van der Waals surface area contributed by atoms with E-state index in [9.17, 15) is 0 Å². The highest BCUT2D eigenvalue weighted by molar-refractivity contribution is 4.97. The molecule has 2 fully saturated rings. The van der Waals surface area contributed by atoms with Gasteiger partial charge < -0.3 is 5.32 Å². The molecule has 15 heavy (non-hydrogen) atoms. The van der Waals surface area contributed by atoms with E-state index >= 15 is 0 Å². The summed E-state index contributed by atoms with van der Waals surface area (Å²) in [6, 6.07) is 1.44. The number of rotatable bonds is 2. The molecule has 2 heteroatoms. The van der Waals surface area contributed by atoms with Crippen molar-refractivity contribution in [1.82, 2.24) is 10.2 Å². The Morgan fingerprint density at radius 1 is 1.33 bits per heavy atom. The van der Waals surface area contributed by atoms with E-state index in [1.807, 2.05) is 0 Å². The van der Waals surface area contributed by atoms with E-state index < -0.39 is 0 Å². The van der Waals surface area contributed by atoms with Crippen LogP contribution in [0.25, 0.3) is 0 Å². The summed E-state index contributed by atoms with van der Waals surface area (Å²) in [6.07, 6.45) is 6.95. The Kier molecular flexibility index (Phi) is 3.36. The molecule has 2 rings (SSSR count).